The molecule has 4 rings (SSSR count). The van der Waals surface area contributed by atoms with Crippen LogP contribution >= 0.6 is 0 Å². The predicted molar refractivity (Wildman–Crippen MR) is 131 cm³/mol. The summed E-state index contributed by atoms with van der Waals surface area (Å²) in [6.07, 6.45) is 0.412. The Morgan fingerprint density at radius 3 is 2.44 bits per heavy atom. The van der Waals surface area contributed by atoms with Crippen molar-refractivity contribution < 1.29 is 9.53 Å². The standard InChI is InChI=1S/C26H29N5O3/c1-5-21(25(32)27-16-19-12-10-11-15-22(19)34-6-2)31-26(33)24-23(17(3)28-31)18(4)30(29-24)20-13-8-7-9-14-20/h7-15,21H,5-6,16H2,1-4H3,(H,27,32). The van der Waals surface area contributed by atoms with Crippen LogP contribution in [0.5, 0.6) is 5.75 Å². The number of amides is 1. The summed E-state index contributed by atoms with van der Waals surface area (Å²) >= 11 is 0. The third kappa shape index (κ3) is 4.31. The monoisotopic (exact) mass is 459 g/mol. The first kappa shape index (κ1) is 23.2. The van der Waals surface area contributed by atoms with Crippen molar-refractivity contribution in [2.24, 2.45) is 0 Å². The molecule has 2 heterocycles. The Morgan fingerprint density at radius 1 is 1.03 bits per heavy atom. The number of ether oxygens (including phenoxy) is 1. The number of aromatic nitrogens is 4. The van der Waals surface area contributed by atoms with Crippen LogP contribution in [0.3, 0.4) is 0 Å². The van der Waals surface area contributed by atoms with Crippen LogP contribution in [0, 0.1) is 13.8 Å². The van der Waals surface area contributed by atoms with Crippen LogP contribution in [0.25, 0.3) is 16.6 Å². The molecule has 0 aliphatic heterocycles. The van der Waals surface area contributed by atoms with E-state index in [4.69, 9.17) is 4.74 Å². The summed E-state index contributed by atoms with van der Waals surface area (Å²) < 4.78 is 8.66. The van der Waals surface area contributed by atoms with Gasteiger partial charge in [-0.05, 0) is 45.4 Å². The van der Waals surface area contributed by atoms with E-state index in [-0.39, 0.29) is 11.5 Å². The fourth-order valence-corrected chi connectivity index (χ4v) is 4.20. The highest BCUT2D eigenvalue weighted by atomic mass is 16.5. The van der Waals surface area contributed by atoms with E-state index in [1.54, 1.807) is 4.68 Å². The lowest BCUT2D eigenvalue weighted by Gasteiger charge is -2.18. The van der Waals surface area contributed by atoms with Gasteiger partial charge in [0.2, 0.25) is 5.91 Å². The lowest BCUT2D eigenvalue weighted by atomic mass is 10.1. The molecule has 2 aromatic heterocycles. The molecule has 34 heavy (non-hydrogen) atoms. The van der Waals surface area contributed by atoms with E-state index in [2.05, 4.69) is 15.5 Å². The number of para-hydroxylation sites is 2. The number of fused-ring (bicyclic) bond motifs is 1. The normalized spacial score (nSPS) is 12.0. The van der Waals surface area contributed by atoms with Crippen LogP contribution in [-0.4, -0.2) is 32.1 Å². The molecule has 0 radical (unpaired) electrons. The highest BCUT2D eigenvalue weighted by molar-refractivity contribution is 5.84. The van der Waals surface area contributed by atoms with Crippen LogP contribution in [0.1, 0.15) is 43.3 Å². The Hall–Kier alpha value is -3.94. The molecule has 0 spiro atoms. The third-order valence-corrected chi connectivity index (χ3v) is 5.86. The second-order valence-electron chi connectivity index (χ2n) is 8.07. The number of nitrogens with one attached hydrogen (secondary N) is 1. The van der Waals surface area contributed by atoms with Crippen molar-refractivity contribution in [1.29, 1.82) is 0 Å². The number of carbonyl (C=O) groups excluding carboxylic acids is 1. The molecule has 8 nitrogen and oxygen atoms in total. The number of aryl methyl sites for hydroxylation is 2. The van der Waals surface area contributed by atoms with Gasteiger partial charge in [-0.15, -0.1) is 0 Å². The molecule has 0 bridgehead atoms. The maximum Gasteiger partial charge on any atom is 0.295 e. The molecule has 4 aromatic rings. The molecule has 0 aliphatic rings. The average molecular weight is 460 g/mol. The Balaban J connectivity index is 1.67. The lowest BCUT2D eigenvalue weighted by Crippen LogP contribution is -2.38. The van der Waals surface area contributed by atoms with Gasteiger partial charge in [-0.25, -0.2) is 9.36 Å². The third-order valence-electron chi connectivity index (χ3n) is 5.86. The van der Waals surface area contributed by atoms with E-state index in [1.807, 2.05) is 82.3 Å². The summed E-state index contributed by atoms with van der Waals surface area (Å²) in [6, 6.07) is 16.5. The first-order chi connectivity index (χ1) is 16.5. The van der Waals surface area contributed by atoms with Gasteiger partial charge in [0.25, 0.3) is 5.56 Å². The molecule has 0 fully saturated rings. The van der Waals surface area contributed by atoms with E-state index >= 15 is 0 Å². The predicted octanol–water partition coefficient (Wildman–Crippen LogP) is 3.87. The second kappa shape index (κ2) is 9.91. The fraction of sp³-hybridized carbons (Fsp3) is 0.308. The van der Waals surface area contributed by atoms with Crippen molar-refractivity contribution in [3.8, 4) is 11.4 Å². The molecule has 1 atom stereocenters. The zero-order valence-electron chi connectivity index (χ0n) is 19.9. The van der Waals surface area contributed by atoms with E-state index in [1.165, 1.54) is 4.68 Å². The van der Waals surface area contributed by atoms with Crippen LogP contribution in [0.4, 0.5) is 0 Å². The first-order valence-corrected chi connectivity index (χ1v) is 11.5. The maximum absolute atomic E-state index is 13.4. The number of benzene rings is 2. The molecular weight excluding hydrogens is 430 g/mol. The Morgan fingerprint density at radius 2 is 1.74 bits per heavy atom. The topological polar surface area (TPSA) is 91.0 Å². The molecular formula is C26H29N5O3. The fourth-order valence-electron chi connectivity index (χ4n) is 4.20. The minimum atomic E-state index is -0.753. The molecule has 1 N–H and O–H groups in total. The molecule has 0 aliphatic carbocycles. The summed E-state index contributed by atoms with van der Waals surface area (Å²) in [5, 5.41) is 12.8. The lowest BCUT2D eigenvalue weighted by molar-refractivity contribution is -0.125. The van der Waals surface area contributed by atoms with Gasteiger partial charge < -0.3 is 10.1 Å². The largest absolute Gasteiger partial charge is 0.494 e. The van der Waals surface area contributed by atoms with Gasteiger partial charge in [0.05, 0.1) is 29.1 Å². The van der Waals surface area contributed by atoms with Crippen molar-refractivity contribution >= 4 is 16.8 Å². The summed E-state index contributed by atoms with van der Waals surface area (Å²) in [6.45, 7) is 8.37. The van der Waals surface area contributed by atoms with Crippen molar-refractivity contribution in [3.63, 3.8) is 0 Å². The number of carbonyl (C=O) groups is 1. The summed E-state index contributed by atoms with van der Waals surface area (Å²) in [5.41, 5.74) is 3.15. The van der Waals surface area contributed by atoms with Gasteiger partial charge in [-0.1, -0.05) is 43.3 Å². The number of hydrogen-bond donors (Lipinski definition) is 1. The molecule has 1 amide bonds. The van der Waals surface area contributed by atoms with Crippen LogP contribution in [-0.2, 0) is 11.3 Å². The van der Waals surface area contributed by atoms with Gasteiger partial charge in [-0.3, -0.25) is 9.59 Å². The van der Waals surface area contributed by atoms with Gasteiger partial charge in [0.15, 0.2) is 5.52 Å². The summed E-state index contributed by atoms with van der Waals surface area (Å²) in [5.74, 6) is 0.453. The molecule has 0 saturated heterocycles. The molecule has 1 unspecified atom stereocenters. The Kier molecular flexibility index (Phi) is 6.77. The zero-order chi connectivity index (χ0) is 24.2. The zero-order valence-corrected chi connectivity index (χ0v) is 19.9. The molecule has 0 saturated carbocycles. The number of nitrogens with zero attached hydrogens (tertiary/aromatic N) is 4. The Labute approximate surface area is 198 Å². The Bertz CT molecular complexity index is 1370. The molecule has 2 aromatic carbocycles. The minimum absolute atomic E-state index is 0.277. The van der Waals surface area contributed by atoms with E-state index in [0.29, 0.717) is 36.2 Å². The minimum Gasteiger partial charge on any atom is -0.494 e. The van der Waals surface area contributed by atoms with Crippen LogP contribution < -0.4 is 15.6 Å². The van der Waals surface area contributed by atoms with Crippen molar-refractivity contribution in [1.82, 2.24) is 24.9 Å². The van der Waals surface area contributed by atoms with Crippen LogP contribution in [0.15, 0.2) is 59.4 Å². The highest BCUT2D eigenvalue weighted by Crippen LogP contribution is 2.22. The van der Waals surface area contributed by atoms with Crippen molar-refractivity contribution in [2.75, 3.05) is 6.61 Å². The summed E-state index contributed by atoms with van der Waals surface area (Å²) in [4.78, 5) is 26.6. The van der Waals surface area contributed by atoms with Gasteiger partial charge in [0, 0.05) is 12.1 Å². The van der Waals surface area contributed by atoms with E-state index in [0.717, 1.165) is 22.7 Å². The van der Waals surface area contributed by atoms with Crippen molar-refractivity contribution in [2.45, 2.75) is 46.7 Å². The highest BCUT2D eigenvalue weighted by Gasteiger charge is 2.25. The smallest absolute Gasteiger partial charge is 0.295 e. The molecule has 8 heteroatoms. The van der Waals surface area contributed by atoms with Gasteiger partial charge in [0.1, 0.15) is 11.8 Å². The summed E-state index contributed by atoms with van der Waals surface area (Å²) in [7, 11) is 0. The van der Waals surface area contributed by atoms with Gasteiger partial charge in [-0.2, -0.15) is 10.2 Å². The second-order valence-corrected chi connectivity index (χ2v) is 8.07. The molecule has 176 valence electrons. The number of hydrogen-bond acceptors (Lipinski definition) is 5. The van der Waals surface area contributed by atoms with Crippen LogP contribution in [0.2, 0.25) is 0 Å². The van der Waals surface area contributed by atoms with E-state index in [9.17, 15) is 9.59 Å². The van der Waals surface area contributed by atoms with E-state index < -0.39 is 6.04 Å². The number of rotatable bonds is 8. The quantitative estimate of drug-likeness (QED) is 0.432. The average Bonchev–Trinajstić information content (AvgIpc) is 3.20. The SMILES string of the molecule is CCOc1ccccc1CNC(=O)C(CC)n1nc(C)c2c(C)n(-c3ccccc3)nc2c1=O. The maximum atomic E-state index is 13.4. The van der Waals surface area contributed by atoms with Gasteiger partial charge >= 0.3 is 0 Å². The first-order valence-electron chi connectivity index (χ1n) is 11.5. The van der Waals surface area contributed by atoms with Crippen molar-refractivity contribution in [3.05, 3.63) is 81.9 Å².